The molecule has 3 aromatic rings. The highest BCUT2D eigenvalue weighted by atomic mass is 79.9. The summed E-state index contributed by atoms with van der Waals surface area (Å²) in [6.07, 6.45) is 0. The maximum absolute atomic E-state index is 6.01. The van der Waals surface area contributed by atoms with Crippen molar-refractivity contribution in [2.24, 2.45) is 0 Å². The van der Waals surface area contributed by atoms with E-state index in [1.165, 1.54) is 21.2 Å². The third-order valence-corrected chi connectivity index (χ3v) is 5.08. The van der Waals surface area contributed by atoms with E-state index in [0.717, 1.165) is 15.2 Å². The molecule has 100 valence electrons. The van der Waals surface area contributed by atoms with Gasteiger partial charge in [-0.05, 0) is 46.7 Å². The van der Waals surface area contributed by atoms with Crippen molar-refractivity contribution in [3.8, 4) is 0 Å². The number of thioether (sulfide) groups is 1. The second kappa shape index (κ2) is 6.21. The Morgan fingerprint density at radius 2 is 1.80 bits per heavy atom. The molecule has 0 aromatic heterocycles. The highest BCUT2D eigenvalue weighted by molar-refractivity contribution is 9.10. The van der Waals surface area contributed by atoms with Crippen LogP contribution in [0.1, 0.15) is 5.56 Å². The molecule has 0 saturated carbocycles. The van der Waals surface area contributed by atoms with Crippen molar-refractivity contribution in [2.75, 3.05) is 0 Å². The average molecular weight is 364 g/mol. The SMILES string of the molecule is Clc1cccc(CSc2ccc3c(Br)cccc3c2)c1. The average Bonchev–Trinajstić information content (AvgIpc) is 2.45. The number of rotatable bonds is 3. The number of hydrogen-bond donors (Lipinski definition) is 0. The van der Waals surface area contributed by atoms with Crippen LogP contribution < -0.4 is 0 Å². The van der Waals surface area contributed by atoms with E-state index in [4.69, 9.17) is 11.6 Å². The first-order chi connectivity index (χ1) is 9.72. The van der Waals surface area contributed by atoms with Crippen LogP contribution in [0.25, 0.3) is 10.8 Å². The fourth-order valence-electron chi connectivity index (χ4n) is 2.11. The first-order valence-electron chi connectivity index (χ1n) is 6.28. The Bertz CT molecular complexity index is 755. The van der Waals surface area contributed by atoms with E-state index in [9.17, 15) is 0 Å². The maximum Gasteiger partial charge on any atom is 0.0409 e. The lowest BCUT2D eigenvalue weighted by molar-refractivity contribution is 1.39. The number of fused-ring (bicyclic) bond motifs is 1. The molecule has 0 spiro atoms. The molecule has 3 aromatic carbocycles. The van der Waals surface area contributed by atoms with Crippen molar-refractivity contribution in [1.82, 2.24) is 0 Å². The molecule has 0 fully saturated rings. The third-order valence-electron chi connectivity index (χ3n) is 3.09. The Morgan fingerprint density at radius 1 is 0.950 bits per heavy atom. The third kappa shape index (κ3) is 3.20. The Kier molecular flexibility index (Phi) is 4.35. The maximum atomic E-state index is 6.01. The predicted octanol–water partition coefficient (Wildman–Crippen LogP) is 6.55. The van der Waals surface area contributed by atoms with Crippen LogP contribution in [0.15, 0.2) is 70.0 Å². The molecule has 20 heavy (non-hydrogen) atoms. The van der Waals surface area contributed by atoms with Crippen molar-refractivity contribution in [3.63, 3.8) is 0 Å². The summed E-state index contributed by atoms with van der Waals surface area (Å²) in [5.74, 6) is 0.931. The normalized spacial score (nSPS) is 10.9. The molecule has 0 atom stereocenters. The van der Waals surface area contributed by atoms with Crippen molar-refractivity contribution in [1.29, 1.82) is 0 Å². The van der Waals surface area contributed by atoms with E-state index in [0.29, 0.717) is 0 Å². The summed E-state index contributed by atoms with van der Waals surface area (Å²) in [7, 11) is 0. The quantitative estimate of drug-likeness (QED) is 0.475. The summed E-state index contributed by atoms with van der Waals surface area (Å²) < 4.78 is 1.14. The van der Waals surface area contributed by atoms with Crippen LogP contribution in [0.5, 0.6) is 0 Å². The molecule has 3 rings (SSSR count). The van der Waals surface area contributed by atoms with E-state index in [1.807, 2.05) is 30.0 Å². The van der Waals surface area contributed by atoms with Crippen molar-refractivity contribution in [3.05, 3.63) is 75.7 Å². The molecule has 0 aliphatic rings. The molecule has 0 heterocycles. The van der Waals surface area contributed by atoms with Crippen LogP contribution in [0, 0.1) is 0 Å². The van der Waals surface area contributed by atoms with Gasteiger partial charge >= 0.3 is 0 Å². The van der Waals surface area contributed by atoms with Gasteiger partial charge in [0.2, 0.25) is 0 Å². The summed E-state index contributed by atoms with van der Waals surface area (Å²) in [5, 5.41) is 3.31. The molecule has 0 saturated heterocycles. The number of halogens is 2. The smallest absolute Gasteiger partial charge is 0.0409 e. The van der Waals surface area contributed by atoms with Crippen LogP contribution in [0.2, 0.25) is 5.02 Å². The highest BCUT2D eigenvalue weighted by Crippen LogP contribution is 2.30. The van der Waals surface area contributed by atoms with Gasteiger partial charge in [-0.1, -0.05) is 57.9 Å². The molecule has 0 N–H and O–H groups in total. The Morgan fingerprint density at radius 3 is 2.65 bits per heavy atom. The summed E-state index contributed by atoms with van der Waals surface area (Å²) in [5.41, 5.74) is 1.25. The molecule has 0 aliphatic carbocycles. The lowest BCUT2D eigenvalue weighted by atomic mass is 10.1. The predicted molar refractivity (Wildman–Crippen MR) is 92.7 cm³/mol. The zero-order chi connectivity index (χ0) is 13.9. The lowest BCUT2D eigenvalue weighted by Crippen LogP contribution is -1.81. The van der Waals surface area contributed by atoms with Crippen LogP contribution in [0.4, 0.5) is 0 Å². The minimum Gasteiger partial charge on any atom is -0.121 e. The van der Waals surface area contributed by atoms with Gasteiger partial charge in [-0.3, -0.25) is 0 Å². The van der Waals surface area contributed by atoms with Crippen LogP contribution >= 0.6 is 39.3 Å². The Labute approximate surface area is 136 Å². The fraction of sp³-hybridized carbons (Fsp3) is 0.0588. The van der Waals surface area contributed by atoms with Gasteiger partial charge in [0, 0.05) is 20.1 Å². The van der Waals surface area contributed by atoms with Gasteiger partial charge in [0.05, 0.1) is 0 Å². The molecule has 0 amide bonds. The van der Waals surface area contributed by atoms with Gasteiger partial charge in [-0.25, -0.2) is 0 Å². The molecular formula is C17H12BrClS. The lowest BCUT2D eigenvalue weighted by Gasteiger charge is -2.05. The first-order valence-corrected chi connectivity index (χ1v) is 8.43. The molecule has 0 bridgehead atoms. The monoisotopic (exact) mass is 362 g/mol. The molecule has 0 nitrogen and oxygen atoms in total. The van der Waals surface area contributed by atoms with Gasteiger partial charge in [-0.2, -0.15) is 0 Å². The zero-order valence-electron chi connectivity index (χ0n) is 10.6. The van der Waals surface area contributed by atoms with Crippen molar-refractivity contribution < 1.29 is 0 Å². The summed E-state index contributed by atoms with van der Waals surface area (Å²) in [6.45, 7) is 0. The second-order valence-corrected chi connectivity index (χ2v) is 6.88. The van der Waals surface area contributed by atoms with Gasteiger partial charge < -0.3 is 0 Å². The van der Waals surface area contributed by atoms with Gasteiger partial charge in [0.25, 0.3) is 0 Å². The minimum atomic E-state index is 0.797. The van der Waals surface area contributed by atoms with Crippen molar-refractivity contribution in [2.45, 2.75) is 10.6 Å². The van der Waals surface area contributed by atoms with E-state index >= 15 is 0 Å². The molecule has 3 heteroatoms. The minimum absolute atomic E-state index is 0.797. The molecule has 0 radical (unpaired) electrons. The second-order valence-electron chi connectivity index (χ2n) is 4.54. The van der Waals surface area contributed by atoms with Crippen LogP contribution in [-0.4, -0.2) is 0 Å². The van der Waals surface area contributed by atoms with E-state index < -0.39 is 0 Å². The van der Waals surface area contributed by atoms with Gasteiger partial charge in [0.15, 0.2) is 0 Å². The Hall–Kier alpha value is -0.960. The molecular weight excluding hydrogens is 352 g/mol. The summed E-state index contributed by atoms with van der Waals surface area (Å²) in [6, 6.07) is 20.9. The van der Waals surface area contributed by atoms with Gasteiger partial charge in [0.1, 0.15) is 0 Å². The standard InChI is InChI=1S/C17H12BrClS/c18-17-6-2-4-13-10-15(7-8-16(13)17)20-11-12-3-1-5-14(19)9-12/h1-10H,11H2. The summed E-state index contributed by atoms with van der Waals surface area (Å²) >= 11 is 11.4. The zero-order valence-corrected chi connectivity index (χ0v) is 13.8. The Balaban J connectivity index is 1.81. The summed E-state index contributed by atoms with van der Waals surface area (Å²) in [4.78, 5) is 1.27. The largest absolute Gasteiger partial charge is 0.121 e. The highest BCUT2D eigenvalue weighted by Gasteiger charge is 2.01. The number of benzene rings is 3. The number of hydrogen-bond acceptors (Lipinski definition) is 1. The van der Waals surface area contributed by atoms with Crippen LogP contribution in [-0.2, 0) is 5.75 Å². The fourth-order valence-corrected chi connectivity index (χ4v) is 3.72. The van der Waals surface area contributed by atoms with Crippen molar-refractivity contribution >= 4 is 50.1 Å². The van der Waals surface area contributed by atoms with E-state index in [1.54, 1.807) is 0 Å². The van der Waals surface area contributed by atoms with E-state index in [2.05, 4.69) is 58.4 Å². The van der Waals surface area contributed by atoms with E-state index in [-0.39, 0.29) is 0 Å². The molecule has 0 unspecified atom stereocenters. The molecule has 0 aliphatic heterocycles. The van der Waals surface area contributed by atoms with Crippen LogP contribution in [0.3, 0.4) is 0 Å². The first kappa shape index (κ1) is 14.0. The van der Waals surface area contributed by atoms with Gasteiger partial charge in [-0.15, -0.1) is 11.8 Å². The topological polar surface area (TPSA) is 0 Å².